The Balaban J connectivity index is 2.40. The van der Waals surface area contributed by atoms with E-state index < -0.39 is 0 Å². The maximum absolute atomic E-state index is 11.2. The second kappa shape index (κ2) is 3.56. The van der Waals surface area contributed by atoms with Crippen molar-refractivity contribution in [3.05, 3.63) is 0 Å². The summed E-state index contributed by atoms with van der Waals surface area (Å²) in [7, 11) is 0. The Kier molecular flexibility index (Phi) is 2.68. The molecule has 1 N–H and O–H groups in total. The molecule has 1 rings (SSSR count). The van der Waals surface area contributed by atoms with Crippen LogP contribution in [0, 0.1) is 5.92 Å². The van der Waals surface area contributed by atoms with E-state index in [1.54, 1.807) is 4.90 Å². The summed E-state index contributed by atoms with van der Waals surface area (Å²) < 4.78 is 0. The van der Waals surface area contributed by atoms with Gasteiger partial charge in [0.2, 0.25) is 0 Å². The van der Waals surface area contributed by atoms with Gasteiger partial charge in [-0.05, 0) is 0 Å². The van der Waals surface area contributed by atoms with Crippen LogP contribution in [0.1, 0.15) is 13.8 Å². The number of nitrogens with one attached hydrogen (secondary N) is 1. The first-order valence-electron chi connectivity index (χ1n) is 4.16. The summed E-state index contributed by atoms with van der Waals surface area (Å²) in [6, 6.07) is -0.121. The molecule has 0 atom stereocenters. The van der Waals surface area contributed by atoms with Gasteiger partial charge in [-0.1, -0.05) is 13.8 Å². The molecule has 1 aliphatic heterocycles. The van der Waals surface area contributed by atoms with E-state index in [9.17, 15) is 9.59 Å². The van der Waals surface area contributed by atoms with Gasteiger partial charge < -0.3 is 10.2 Å². The van der Waals surface area contributed by atoms with Crippen molar-refractivity contribution in [3.63, 3.8) is 0 Å². The van der Waals surface area contributed by atoms with Crippen molar-refractivity contribution in [3.8, 4) is 0 Å². The SMILES string of the molecule is CC(C)C(=O)CN1CCNC1=O. The van der Waals surface area contributed by atoms with E-state index in [1.807, 2.05) is 13.8 Å². The highest BCUT2D eigenvalue weighted by molar-refractivity contribution is 5.87. The molecule has 0 bridgehead atoms. The third-order valence-corrected chi connectivity index (χ3v) is 1.94. The van der Waals surface area contributed by atoms with Gasteiger partial charge in [-0.15, -0.1) is 0 Å². The van der Waals surface area contributed by atoms with Crippen LogP contribution in [0.2, 0.25) is 0 Å². The van der Waals surface area contributed by atoms with Crippen molar-refractivity contribution in [1.82, 2.24) is 10.2 Å². The highest BCUT2D eigenvalue weighted by Crippen LogP contribution is 2.01. The van der Waals surface area contributed by atoms with Gasteiger partial charge in [0.15, 0.2) is 5.78 Å². The van der Waals surface area contributed by atoms with Crippen molar-refractivity contribution in [2.24, 2.45) is 5.92 Å². The number of hydrogen-bond donors (Lipinski definition) is 1. The first kappa shape index (κ1) is 9.03. The summed E-state index contributed by atoms with van der Waals surface area (Å²) in [5, 5.41) is 2.65. The summed E-state index contributed by atoms with van der Waals surface area (Å²) in [6.45, 7) is 5.25. The lowest BCUT2D eigenvalue weighted by molar-refractivity contribution is -0.122. The zero-order valence-corrected chi connectivity index (χ0v) is 7.46. The number of ketones is 1. The average molecular weight is 170 g/mol. The van der Waals surface area contributed by atoms with Crippen LogP contribution >= 0.6 is 0 Å². The van der Waals surface area contributed by atoms with Gasteiger partial charge in [-0.2, -0.15) is 0 Å². The fraction of sp³-hybridized carbons (Fsp3) is 0.750. The summed E-state index contributed by atoms with van der Waals surface area (Å²) in [5.41, 5.74) is 0. The molecule has 2 amide bonds. The summed E-state index contributed by atoms with van der Waals surface area (Å²) >= 11 is 0. The fourth-order valence-corrected chi connectivity index (χ4v) is 1.03. The maximum Gasteiger partial charge on any atom is 0.317 e. The monoisotopic (exact) mass is 170 g/mol. The average Bonchev–Trinajstić information content (AvgIpc) is 2.36. The minimum Gasteiger partial charge on any atom is -0.336 e. The van der Waals surface area contributed by atoms with Crippen molar-refractivity contribution in [2.75, 3.05) is 19.6 Å². The van der Waals surface area contributed by atoms with Crippen LogP contribution in [0.5, 0.6) is 0 Å². The van der Waals surface area contributed by atoms with Gasteiger partial charge in [0.25, 0.3) is 0 Å². The molecule has 0 aromatic rings. The predicted molar refractivity (Wildman–Crippen MR) is 44.8 cm³/mol. The van der Waals surface area contributed by atoms with Crippen molar-refractivity contribution in [1.29, 1.82) is 0 Å². The number of hydrogen-bond acceptors (Lipinski definition) is 2. The molecular formula is C8H14N2O2. The highest BCUT2D eigenvalue weighted by Gasteiger charge is 2.22. The lowest BCUT2D eigenvalue weighted by Gasteiger charge is -2.13. The molecule has 1 fully saturated rings. The molecule has 0 aliphatic carbocycles. The van der Waals surface area contributed by atoms with Gasteiger partial charge in [-0.25, -0.2) is 4.79 Å². The van der Waals surface area contributed by atoms with Crippen LogP contribution in [0.15, 0.2) is 0 Å². The third kappa shape index (κ3) is 1.96. The quantitative estimate of drug-likeness (QED) is 0.659. The molecule has 0 aromatic carbocycles. The minimum absolute atomic E-state index is 0.0124. The molecule has 68 valence electrons. The highest BCUT2D eigenvalue weighted by atomic mass is 16.2. The predicted octanol–water partition coefficient (Wildman–Crippen LogP) is 0.237. The number of rotatable bonds is 3. The number of Topliss-reactive ketones (excluding diaryl/α,β-unsaturated/α-hetero) is 1. The van der Waals surface area contributed by atoms with E-state index in [0.29, 0.717) is 13.1 Å². The number of urea groups is 1. The first-order chi connectivity index (χ1) is 5.61. The van der Waals surface area contributed by atoms with Crippen molar-refractivity contribution in [2.45, 2.75) is 13.8 Å². The molecule has 0 unspecified atom stereocenters. The molecule has 12 heavy (non-hydrogen) atoms. The second-order valence-electron chi connectivity index (χ2n) is 3.27. The molecule has 1 heterocycles. The Morgan fingerprint density at radius 1 is 1.67 bits per heavy atom. The van der Waals surface area contributed by atoms with Crippen molar-refractivity contribution < 1.29 is 9.59 Å². The number of carbonyl (C=O) groups excluding carboxylic acids is 2. The zero-order chi connectivity index (χ0) is 9.14. The van der Waals surface area contributed by atoms with Gasteiger partial charge >= 0.3 is 6.03 Å². The maximum atomic E-state index is 11.2. The molecule has 0 aromatic heterocycles. The molecule has 0 spiro atoms. The third-order valence-electron chi connectivity index (χ3n) is 1.94. The molecular weight excluding hydrogens is 156 g/mol. The Morgan fingerprint density at radius 2 is 2.33 bits per heavy atom. The van der Waals surface area contributed by atoms with E-state index >= 15 is 0 Å². The van der Waals surface area contributed by atoms with E-state index in [-0.39, 0.29) is 24.3 Å². The normalized spacial score (nSPS) is 16.9. The molecule has 0 saturated carbocycles. The van der Waals surface area contributed by atoms with Crippen LogP contribution in [0.4, 0.5) is 4.79 Å². The van der Waals surface area contributed by atoms with E-state index in [2.05, 4.69) is 5.32 Å². The lowest BCUT2D eigenvalue weighted by atomic mass is 10.1. The number of nitrogens with zero attached hydrogens (tertiary/aromatic N) is 1. The van der Waals surface area contributed by atoms with Gasteiger partial charge in [-0.3, -0.25) is 4.79 Å². The van der Waals surface area contributed by atoms with Crippen LogP contribution in [-0.2, 0) is 4.79 Å². The topological polar surface area (TPSA) is 49.4 Å². The Morgan fingerprint density at radius 3 is 2.75 bits per heavy atom. The van der Waals surface area contributed by atoms with Gasteiger partial charge in [0.05, 0.1) is 6.54 Å². The van der Waals surface area contributed by atoms with Crippen LogP contribution < -0.4 is 5.32 Å². The van der Waals surface area contributed by atoms with Crippen LogP contribution in [0.25, 0.3) is 0 Å². The number of amides is 2. The summed E-state index contributed by atoms with van der Waals surface area (Å²) in [6.07, 6.45) is 0. The molecule has 1 aliphatic rings. The van der Waals surface area contributed by atoms with Gasteiger partial charge in [0.1, 0.15) is 0 Å². The first-order valence-corrected chi connectivity index (χ1v) is 4.16. The summed E-state index contributed by atoms with van der Waals surface area (Å²) in [5.74, 6) is 0.130. The molecule has 4 nitrogen and oxygen atoms in total. The lowest BCUT2D eigenvalue weighted by Crippen LogP contribution is -2.34. The summed E-state index contributed by atoms with van der Waals surface area (Å²) in [4.78, 5) is 23.8. The van der Waals surface area contributed by atoms with E-state index in [4.69, 9.17) is 0 Å². The van der Waals surface area contributed by atoms with E-state index in [0.717, 1.165) is 0 Å². The Hall–Kier alpha value is -1.06. The number of carbonyl (C=O) groups is 2. The van der Waals surface area contributed by atoms with E-state index in [1.165, 1.54) is 0 Å². The zero-order valence-electron chi connectivity index (χ0n) is 7.46. The largest absolute Gasteiger partial charge is 0.336 e. The smallest absolute Gasteiger partial charge is 0.317 e. The van der Waals surface area contributed by atoms with Crippen LogP contribution in [0.3, 0.4) is 0 Å². The standard InChI is InChI=1S/C8H14N2O2/c1-6(2)7(11)5-10-4-3-9-8(10)12/h6H,3-5H2,1-2H3,(H,9,12). The minimum atomic E-state index is -0.121. The molecule has 1 saturated heterocycles. The fourth-order valence-electron chi connectivity index (χ4n) is 1.03. The Bertz CT molecular complexity index is 201. The second-order valence-corrected chi connectivity index (χ2v) is 3.27. The Labute approximate surface area is 71.9 Å². The van der Waals surface area contributed by atoms with Crippen LogP contribution in [-0.4, -0.2) is 36.3 Å². The van der Waals surface area contributed by atoms with Crippen molar-refractivity contribution >= 4 is 11.8 Å². The van der Waals surface area contributed by atoms with Gasteiger partial charge in [0, 0.05) is 19.0 Å². The molecule has 4 heteroatoms. The molecule has 0 radical (unpaired) electrons.